The maximum absolute atomic E-state index is 7.39. The number of hydrogen-bond acceptors (Lipinski definition) is 1. The second kappa shape index (κ2) is 7.88. The molecule has 0 aromatic heterocycles. The molecule has 0 aliphatic carbocycles. The van der Waals surface area contributed by atoms with Gasteiger partial charge in [-0.2, -0.15) is 0 Å². The molecule has 0 atom stereocenters. The van der Waals surface area contributed by atoms with Crippen LogP contribution in [0, 0.1) is 0 Å². The van der Waals surface area contributed by atoms with Gasteiger partial charge in [0.15, 0.2) is 0 Å². The average Bonchev–Trinajstić information content (AvgIpc) is 2.73. The fourth-order valence-electron chi connectivity index (χ4n) is 4.08. The van der Waals surface area contributed by atoms with Crippen LogP contribution in [0.15, 0.2) is 72.8 Å². The zero-order valence-electron chi connectivity index (χ0n) is 16.1. The SMILES string of the molecule is CCc1ccccc1C(N)(c1ccccc1CC)c1ccccc1CC. The molecule has 3 aromatic carbocycles. The van der Waals surface area contributed by atoms with Crippen LogP contribution in [-0.4, -0.2) is 0 Å². The Labute approximate surface area is 157 Å². The predicted molar refractivity (Wildman–Crippen MR) is 112 cm³/mol. The minimum Gasteiger partial charge on any atom is -0.314 e. The third-order valence-electron chi connectivity index (χ3n) is 5.47. The molecule has 26 heavy (non-hydrogen) atoms. The maximum Gasteiger partial charge on any atom is 0.0930 e. The normalized spacial score (nSPS) is 11.5. The molecular weight excluding hydrogens is 314 g/mol. The summed E-state index contributed by atoms with van der Waals surface area (Å²) in [6.45, 7) is 6.62. The first-order valence-corrected chi connectivity index (χ1v) is 9.70. The highest BCUT2D eigenvalue weighted by Gasteiger charge is 2.36. The summed E-state index contributed by atoms with van der Waals surface area (Å²) in [7, 11) is 0. The van der Waals surface area contributed by atoms with Crippen molar-refractivity contribution in [2.75, 3.05) is 0 Å². The molecule has 0 fully saturated rings. The minimum absolute atomic E-state index is 0.647. The molecule has 0 bridgehead atoms. The van der Waals surface area contributed by atoms with Gasteiger partial charge in [-0.05, 0) is 52.6 Å². The summed E-state index contributed by atoms with van der Waals surface area (Å²) in [6, 6.07) is 25.9. The zero-order valence-corrected chi connectivity index (χ0v) is 16.1. The highest BCUT2D eigenvalue weighted by atomic mass is 14.8. The van der Waals surface area contributed by atoms with Crippen LogP contribution < -0.4 is 5.73 Å². The Morgan fingerprint density at radius 3 is 1.08 bits per heavy atom. The summed E-state index contributed by atoms with van der Waals surface area (Å²) in [5.41, 5.74) is 14.3. The summed E-state index contributed by atoms with van der Waals surface area (Å²) in [5, 5.41) is 0. The Balaban J connectivity index is 2.40. The van der Waals surface area contributed by atoms with E-state index in [1.165, 1.54) is 33.4 Å². The smallest absolute Gasteiger partial charge is 0.0930 e. The van der Waals surface area contributed by atoms with Crippen LogP contribution in [0.1, 0.15) is 54.2 Å². The monoisotopic (exact) mass is 343 g/mol. The fraction of sp³-hybridized carbons (Fsp3) is 0.280. The molecule has 0 radical (unpaired) electrons. The number of benzene rings is 3. The van der Waals surface area contributed by atoms with Crippen molar-refractivity contribution in [1.82, 2.24) is 0 Å². The van der Waals surface area contributed by atoms with Gasteiger partial charge < -0.3 is 5.73 Å². The van der Waals surface area contributed by atoms with Crippen LogP contribution in [0.25, 0.3) is 0 Å². The Bertz CT molecular complexity index is 763. The van der Waals surface area contributed by atoms with E-state index in [2.05, 4.69) is 93.6 Å². The first-order valence-electron chi connectivity index (χ1n) is 9.70. The van der Waals surface area contributed by atoms with Crippen LogP contribution in [0.5, 0.6) is 0 Å². The summed E-state index contributed by atoms with van der Waals surface area (Å²) in [5.74, 6) is 0. The van der Waals surface area contributed by atoms with Gasteiger partial charge in [0.25, 0.3) is 0 Å². The summed E-state index contributed by atoms with van der Waals surface area (Å²) >= 11 is 0. The summed E-state index contributed by atoms with van der Waals surface area (Å²) in [6.07, 6.45) is 2.91. The first-order chi connectivity index (χ1) is 12.7. The Morgan fingerprint density at radius 2 is 0.808 bits per heavy atom. The van der Waals surface area contributed by atoms with Crippen molar-refractivity contribution in [1.29, 1.82) is 0 Å². The van der Waals surface area contributed by atoms with Crippen LogP contribution in [-0.2, 0) is 24.8 Å². The van der Waals surface area contributed by atoms with E-state index in [9.17, 15) is 0 Å². The molecular formula is C25H29N. The Hall–Kier alpha value is -2.38. The van der Waals surface area contributed by atoms with Gasteiger partial charge in [0.1, 0.15) is 0 Å². The molecule has 1 nitrogen and oxygen atoms in total. The highest BCUT2D eigenvalue weighted by molar-refractivity contribution is 5.56. The molecule has 3 rings (SSSR count). The third-order valence-corrected chi connectivity index (χ3v) is 5.47. The molecule has 0 spiro atoms. The van der Waals surface area contributed by atoms with Crippen LogP contribution >= 0.6 is 0 Å². The second-order valence-electron chi connectivity index (χ2n) is 6.84. The molecule has 0 unspecified atom stereocenters. The van der Waals surface area contributed by atoms with Gasteiger partial charge >= 0.3 is 0 Å². The highest BCUT2D eigenvalue weighted by Crippen LogP contribution is 2.39. The number of hydrogen-bond donors (Lipinski definition) is 1. The van der Waals surface area contributed by atoms with Crippen molar-refractivity contribution >= 4 is 0 Å². The lowest BCUT2D eigenvalue weighted by Crippen LogP contribution is -2.42. The first kappa shape index (κ1) is 18.4. The predicted octanol–water partition coefficient (Wildman–Crippen LogP) is 5.62. The fourth-order valence-corrected chi connectivity index (χ4v) is 4.08. The topological polar surface area (TPSA) is 26.0 Å². The van der Waals surface area contributed by atoms with E-state index < -0.39 is 5.54 Å². The van der Waals surface area contributed by atoms with E-state index in [0.29, 0.717) is 0 Å². The third kappa shape index (κ3) is 3.08. The molecule has 134 valence electrons. The Morgan fingerprint density at radius 1 is 0.538 bits per heavy atom. The molecule has 0 aliphatic heterocycles. The molecule has 0 amide bonds. The zero-order chi connectivity index (χ0) is 18.6. The van der Waals surface area contributed by atoms with Gasteiger partial charge in [0, 0.05) is 0 Å². The molecule has 2 N–H and O–H groups in total. The second-order valence-corrected chi connectivity index (χ2v) is 6.84. The van der Waals surface area contributed by atoms with E-state index in [1.807, 2.05) is 0 Å². The molecule has 0 saturated heterocycles. The van der Waals surface area contributed by atoms with Crippen molar-refractivity contribution < 1.29 is 0 Å². The van der Waals surface area contributed by atoms with Crippen LogP contribution in [0.2, 0.25) is 0 Å². The largest absolute Gasteiger partial charge is 0.314 e. The van der Waals surface area contributed by atoms with Crippen molar-refractivity contribution in [3.63, 3.8) is 0 Å². The number of aryl methyl sites for hydroxylation is 3. The molecule has 3 aromatic rings. The van der Waals surface area contributed by atoms with Gasteiger partial charge in [0.05, 0.1) is 5.54 Å². The number of rotatable bonds is 6. The van der Waals surface area contributed by atoms with Crippen molar-refractivity contribution in [3.05, 3.63) is 106 Å². The summed E-state index contributed by atoms with van der Waals surface area (Å²) in [4.78, 5) is 0. The lowest BCUT2D eigenvalue weighted by Gasteiger charge is -2.36. The van der Waals surface area contributed by atoms with E-state index in [4.69, 9.17) is 5.73 Å². The average molecular weight is 344 g/mol. The molecule has 0 saturated carbocycles. The minimum atomic E-state index is -0.647. The summed E-state index contributed by atoms with van der Waals surface area (Å²) < 4.78 is 0. The van der Waals surface area contributed by atoms with Gasteiger partial charge in [-0.3, -0.25) is 0 Å². The number of nitrogens with two attached hydrogens (primary N) is 1. The van der Waals surface area contributed by atoms with E-state index in [0.717, 1.165) is 19.3 Å². The van der Waals surface area contributed by atoms with Crippen molar-refractivity contribution in [3.8, 4) is 0 Å². The molecule has 0 heterocycles. The Kier molecular flexibility index (Phi) is 5.58. The lowest BCUT2D eigenvalue weighted by molar-refractivity contribution is 0.628. The van der Waals surface area contributed by atoms with Gasteiger partial charge in [-0.15, -0.1) is 0 Å². The van der Waals surface area contributed by atoms with Crippen LogP contribution in [0.3, 0.4) is 0 Å². The molecule has 1 heteroatoms. The van der Waals surface area contributed by atoms with E-state index in [-0.39, 0.29) is 0 Å². The van der Waals surface area contributed by atoms with Crippen LogP contribution in [0.4, 0.5) is 0 Å². The maximum atomic E-state index is 7.39. The quantitative estimate of drug-likeness (QED) is 0.577. The molecule has 0 aliphatic rings. The van der Waals surface area contributed by atoms with E-state index in [1.54, 1.807) is 0 Å². The van der Waals surface area contributed by atoms with Crippen molar-refractivity contribution in [2.45, 2.75) is 45.6 Å². The van der Waals surface area contributed by atoms with E-state index >= 15 is 0 Å². The van der Waals surface area contributed by atoms with Gasteiger partial charge in [-0.1, -0.05) is 93.6 Å². The van der Waals surface area contributed by atoms with Gasteiger partial charge in [-0.25, -0.2) is 0 Å². The van der Waals surface area contributed by atoms with Gasteiger partial charge in [0.2, 0.25) is 0 Å². The van der Waals surface area contributed by atoms with Crippen molar-refractivity contribution in [2.24, 2.45) is 5.73 Å². The lowest BCUT2D eigenvalue weighted by atomic mass is 9.72. The standard InChI is InChI=1S/C25H29N/c1-4-19-13-7-10-16-22(19)25(26,23-17-11-8-14-20(23)5-2)24-18-12-9-15-21(24)6-3/h7-18H,4-6,26H2,1-3H3.